The second kappa shape index (κ2) is 12.4. The maximum absolute atomic E-state index is 3.93. The minimum absolute atomic E-state index is 0.0919. The molecule has 1 aliphatic heterocycles. The van der Waals surface area contributed by atoms with E-state index in [0.717, 1.165) is 55.7 Å². The average molecular weight is 727 g/mol. The summed E-state index contributed by atoms with van der Waals surface area (Å²) in [6, 6.07) is 72.0. The lowest BCUT2D eigenvalue weighted by atomic mass is 9.99. The topological polar surface area (TPSA) is 26.8 Å². The predicted molar refractivity (Wildman–Crippen MR) is 237 cm³/mol. The molecule has 0 fully saturated rings. The second-order valence-corrected chi connectivity index (χ2v) is 14.8. The maximum atomic E-state index is 3.93. The van der Waals surface area contributed by atoms with E-state index in [1.165, 1.54) is 43.7 Å². The zero-order chi connectivity index (χ0) is 37.5. The summed E-state index contributed by atoms with van der Waals surface area (Å²) in [5, 5.41) is 11.1. The number of para-hydroxylation sites is 4. The highest BCUT2D eigenvalue weighted by molar-refractivity contribution is 6.24. The predicted octanol–water partition coefficient (Wildman–Crippen LogP) is 12.8. The molecular formula is C53H34N4. The van der Waals surface area contributed by atoms with E-state index in [9.17, 15) is 0 Å². The molecule has 0 radical (unpaired) electrons. The van der Waals surface area contributed by atoms with Gasteiger partial charge in [0.15, 0.2) is 0 Å². The number of rotatable bonds is 5. The van der Waals surface area contributed by atoms with Crippen molar-refractivity contribution in [3.05, 3.63) is 217 Å². The summed E-state index contributed by atoms with van der Waals surface area (Å²) in [6.45, 7) is 0. The van der Waals surface area contributed by atoms with Gasteiger partial charge in [-0.05, 0) is 77.9 Å². The van der Waals surface area contributed by atoms with Gasteiger partial charge in [0, 0.05) is 49.7 Å². The van der Waals surface area contributed by atoms with Crippen molar-refractivity contribution in [2.24, 2.45) is 0 Å². The Morgan fingerprint density at radius 1 is 0.439 bits per heavy atom. The number of aromatic nitrogens is 3. The first-order chi connectivity index (χ1) is 28.3. The Hall–Kier alpha value is -7.74. The van der Waals surface area contributed by atoms with Gasteiger partial charge in [-0.3, -0.25) is 0 Å². The van der Waals surface area contributed by atoms with E-state index in [-0.39, 0.29) is 6.04 Å². The van der Waals surface area contributed by atoms with Crippen LogP contribution < -0.4 is 5.32 Å². The van der Waals surface area contributed by atoms with Crippen molar-refractivity contribution >= 4 is 76.8 Å². The highest BCUT2D eigenvalue weighted by Gasteiger charge is 2.25. The van der Waals surface area contributed by atoms with Crippen molar-refractivity contribution < 1.29 is 0 Å². The Morgan fingerprint density at radius 2 is 1.00 bits per heavy atom. The van der Waals surface area contributed by atoms with Crippen LogP contribution in [-0.4, -0.2) is 13.7 Å². The van der Waals surface area contributed by atoms with Crippen molar-refractivity contribution in [1.82, 2.24) is 19.0 Å². The third kappa shape index (κ3) is 4.76. The molecule has 3 aromatic heterocycles. The highest BCUT2D eigenvalue weighted by atomic mass is 15.1. The largest absolute Gasteiger partial charge is 0.374 e. The Bertz CT molecular complexity index is 3360. The molecule has 1 N–H and O–H groups in total. The fourth-order valence-electron chi connectivity index (χ4n) is 9.23. The molecule has 4 nitrogen and oxygen atoms in total. The van der Waals surface area contributed by atoms with E-state index in [4.69, 9.17) is 0 Å². The summed E-state index contributed by atoms with van der Waals surface area (Å²) in [7, 11) is 0. The van der Waals surface area contributed by atoms with Crippen LogP contribution >= 0.6 is 0 Å². The van der Waals surface area contributed by atoms with Gasteiger partial charge in [-0.25, -0.2) is 0 Å². The second-order valence-electron chi connectivity index (χ2n) is 14.8. The van der Waals surface area contributed by atoms with Crippen molar-refractivity contribution in [1.29, 1.82) is 0 Å². The number of dihydropyridines is 1. The van der Waals surface area contributed by atoms with Crippen LogP contribution in [0.2, 0.25) is 0 Å². The minimum Gasteiger partial charge on any atom is -0.374 e. The van der Waals surface area contributed by atoms with E-state index in [2.05, 4.69) is 219 Å². The van der Waals surface area contributed by atoms with E-state index in [1.54, 1.807) is 0 Å². The van der Waals surface area contributed by atoms with Crippen LogP contribution in [0.1, 0.15) is 17.2 Å². The smallest absolute Gasteiger partial charge is 0.0795 e. The van der Waals surface area contributed by atoms with E-state index < -0.39 is 0 Å². The van der Waals surface area contributed by atoms with Gasteiger partial charge in [0.05, 0.1) is 44.5 Å². The van der Waals surface area contributed by atoms with Crippen LogP contribution in [0, 0.1) is 12.1 Å². The quantitative estimate of drug-likeness (QED) is 0.188. The number of hydrogen-bond donors (Lipinski definition) is 1. The van der Waals surface area contributed by atoms with Gasteiger partial charge in [-0.1, -0.05) is 140 Å². The van der Waals surface area contributed by atoms with E-state index in [1.807, 2.05) is 6.07 Å². The Balaban J connectivity index is 1.10. The fraction of sp³-hybridized carbons (Fsp3) is 0.0189. The molecule has 0 spiro atoms. The summed E-state index contributed by atoms with van der Waals surface area (Å²) in [6.07, 6.45) is 4.71. The van der Waals surface area contributed by atoms with Gasteiger partial charge in [0.25, 0.3) is 0 Å². The number of benzene rings is 7. The van der Waals surface area contributed by atoms with Gasteiger partial charge < -0.3 is 19.0 Å². The molecule has 0 saturated heterocycles. The van der Waals surface area contributed by atoms with Gasteiger partial charge in [-0.2, -0.15) is 0 Å². The van der Waals surface area contributed by atoms with Gasteiger partial charge in [0.2, 0.25) is 0 Å². The van der Waals surface area contributed by atoms with Crippen molar-refractivity contribution in [2.45, 2.75) is 6.04 Å². The number of nitrogens with one attached hydrogen (secondary N) is 1. The molecule has 8 aromatic carbocycles. The zero-order valence-corrected chi connectivity index (χ0v) is 30.9. The maximum Gasteiger partial charge on any atom is 0.0795 e. The monoisotopic (exact) mass is 726 g/mol. The summed E-state index contributed by atoms with van der Waals surface area (Å²) in [4.78, 5) is 0. The Kier molecular flexibility index (Phi) is 6.87. The van der Waals surface area contributed by atoms with Crippen molar-refractivity contribution in [3.8, 4) is 11.4 Å². The van der Waals surface area contributed by atoms with Crippen LogP contribution in [0.15, 0.2) is 194 Å². The third-order valence-corrected chi connectivity index (χ3v) is 11.7. The highest BCUT2D eigenvalue weighted by Crippen LogP contribution is 2.43. The molecule has 0 saturated carbocycles. The molecule has 0 bridgehead atoms. The number of fused-ring (bicyclic) bond motifs is 10. The van der Waals surface area contributed by atoms with Crippen LogP contribution in [0.4, 0.5) is 0 Å². The van der Waals surface area contributed by atoms with Crippen LogP contribution in [0.3, 0.4) is 0 Å². The number of allylic oxidation sites excluding steroid dienone is 2. The molecule has 0 aliphatic carbocycles. The fourth-order valence-corrected chi connectivity index (χ4v) is 9.23. The van der Waals surface area contributed by atoms with Crippen molar-refractivity contribution in [3.63, 3.8) is 0 Å². The first-order valence-electron chi connectivity index (χ1n) is 19.5. The lowest BCUT2D eigenvalue weighted by molar-refractivity contribution is 0.761. The average Bonchev–Trinajstić information content (AvgIpc) is 3.93. The first kappa shape index (κ1) is 31.6. The molecule has 1 unspecified atom stereocenters. The zero-order valence-electron chi connectivity index (χ0n) is 30.9. The first-order valence-corrected chi connectivity index (χ1v) is 19.5. The lowest BCUT2D eigenvalue weighted by Crippen LogP contribution is -2.22. The third-order valence-electron chi connectivity index (χ3n) is 11.7. The van der Waals surface area contributed by atoms with Crippen LogP contribution in [0.5, 0.6) is 0 Å². The molecular weight excluding hydrogens is 693 g/mol. The van der Waals surface area contributed by atoms with Gasteiger partial charge in [-0.15, -0.1) is 0 Å². The molecule has 11 aromatic rings. The molecule has 12 rings (SSSR count). The number of nitrogens with zero attached hydrogens (tertiary/aromatic N) is 3. The Morgan fingerprint density at radius 3 is 1.70 bits per heavy atom. The Labute approximate surface area is 329 Å². The lowest BCUT2D eigenvalue weighted by Gasteiger charge is -2.27. The van der Waals surface area contributed by atoms with Crippen molar-refractivity contribution in [2.75, 3.05) is 0 Å². The van der Waals surface area contributed by atoms with Gasteiger partial charge >= 0.3 is 0 Å². The molecule has 4 heterocycles. The van der Waals surface area contributed by atoms with E-state index >= 15 is 0 Å². The van der Waals surface area contributed by atoms with E-state index in [0.29, 0.717) is 0 Å². The number of hydrogen-bond acceptors (Lipinski definition) is 1. The molecule has 57 heavy (non-hydrogen) atoms. The molecule has 0 amide bonds. The molecule has 266 valence electrons. The van der Waals surface area contributed by atoms with Crippen LogP contribution in [-0.2, 0) is 0 Å². The van der Waals surface area contributed by atoms with Crippen LogP contribution in [0.25, 0.3) is 88.2 Å². The normalized spacial score (nSPS) is 14.4. The summed E-state index contributed by atoms with van der Waals surface area (Å²) >= 11 is 0. The summed E-state index contributed by atoms with van der Waals surface area (Å²) in [5.74, 6) is 0. The molecule has 4 heteroatoms. The minimum atomic E-state index is -0.0919. The summed E-state index contributed by atoms with van der Waals surface area (Å²) < 4.78 is 7.27. The SMILES string of the molecule is c1ccc2c(c#1)c1ccc3c4ccccc4n(C4=CC(c5ccc(-n6c7ccccc7c7ccccc76)cc5)NC(c5ccccc5)=C4)c3c1n2-c1ccccc1. The summed E-state index contributed by atoms with van der Waals surface area (Å²) in [5.41, 5.74) is 13.8. The standard InChI is InChI=1S/C53H34N4/c1-3-15-35(16-4-1)46-33-39(34-47(54-46)36-27-29-38(30-28-36)55-48-23-11-7-19-40(48)41-20-8-12-24-49(41)55)57-51-26-14-10-22-43(51)45-32-31-44-42-21-9-13-25-50(42)56(52(44)53(45)57)37-17-5-2-6-18-37/h1-8,10-20,22-34,47,54H. The van der Waals surface area contributed by atoms with Gasteiger partial charge in [0.1, 0.15) is 0 Å². The molecule has 1 atom stereocenters. The molecule has 1 aliphatic rings.